The van der Waals surface area contributed by atoms with Crippen molar-refractivity contribution in [1.82, 2.24) is 20.1 Å². The van der Waals surface area contributed by atoms with Crippen molar-refractivity contribution in [2.24, 2.45) is 0 Å². The number of hydrogen-bond acceptors (Lipinski definition) is 5. The van der Waals surface area contributed by atoms with E-state index in [9.17, 15) is 4.79 Å². The van der Waals surface area contributed by atoms with Crippen molar-refractivity contribution in [1.29, 1.82) is 0 Å². The van der Waals surface area contributed by atoms with E-state index in [0.29, 0.717) is 11.8 Å². The van der Waals surface area contributed by atoms with Gasteiger partial charge in [0.25, 0.3) is 0 Å². The molecule has 7 heteroatoms. The molecule has 0 radical (unpaired) electrons. The molecule has 0 aliphatic heterocycles. The number of fused-ring (bicyclic) bond motifs is 1. The summed E-state index contributed by atoms with van der Waals surface area (Å²) in [6.07, 6.45) is 8.24. The van der Waals surface area contributed by atoms with E-state index >= 15 is 0 Å². The highest BCUT2D eigenvalue weighted by Gasteiger charge is 2.19. The molecular weight excluding hydrogens is 400 g/mol. The molecule has 5 nitrogen and oxygen atoms in total. The number of amides is 1. The monoisotopic (exact) mass is 428 g/mol. The molecule has 2 heterocycles. The van der Waals surface area contributed by atoms with Crippen molar-refractivity contribution in [2.75, 3.05) is 5.75 Å². The van der Waals surface area contributed by atoms with E-state index in [1.807, 2.05) is 0 Å². The third-order valence-corrected chi connectivity index (χ3v) is 7.37. The van der Waals surface area contributed by atoms with Gasteiger partial charge in [-0.15, -0.1) is 21.5 Å². The Morgan fingerprint density at radius 2 is 2.00 bits per heavy atom. The maximum absolute atomic E-state index is 12.5. The predicted octanol–water partition coefficient (Wildman–Crippen LogP) is 5.50. The molecule has 1 saturated carbocycles. The number of hydrogen-bond donors (Lipinski definition) is 1. The second-order valence-corrected chi connectivity index (χ2v) is 9.50. The summed E-state index contributed by atoms with van der Waals surface area (Å²) in [5.41, 5.74) is 1.13. The zero-order chi connectivity index (χ0) is 20.1. The van der Waals surface area contributed by atoms with Crippen LogP contribution in [0, 0.1) is 0 Å². The van der Waals surface area contributed by atoms with Gasteiger partial charge >= 0.3 is 0 Å². The first-order chi connectivity index (χ1) is 14.3. The predicted molar refractivity (Wildman–Crippen MR) is 121 cm³/mol. The zero-order valence-electron chi connectivity index (χ0n) is 16.9. The first-order valence-electron chi connectivity index (χ1n) is 10.6. The van der Waals surface area contributed by atoms with E-state index in [1.54, 1.807) is 11.3 Å². The average Bonchev–Trinajstić information content (AvgIpc) is 3.23. The van der Waals surface area contributed by atoms with E-state index in [-0.39, 0.29) is 5.91 Å². The smallest absolute Gasteiger partial charge is 0.230 e. The third kappa shape index (κ3) is 4.83. The van der Waals surface area contributed by atoms with Crippen molar-refractivity contribution >= 4 is 39.1 Å². The molecule has 0 bridgehead atoms. The lowest BCUT2D eigenvalue weighted by molar-refractivity contribution is -0.119. The number of carbonyl (C=O) groups excluding carboxylic acids is 1. The quantitative estimate of drug-likeness (QED) is 0.399. The zero-order valence-corrected chi connectivity index (χ0v) is 18.5. The summed E-state index contributed by atoms with van der Waals surface area (Å²) in [6.45, 7) is 3.00. The molecule has 1 aromatic carbocycles. The van der Waals surface area contributed by atoms with Gasteiger partial charge in [-0.2, -0.15) is 0 Å². The Morgan fingerprint density at radius 1 is 1.21 bits per heavy atom. The maximum atomic E-state index is 12.5. The van der Waals surface area contributed by atoms with Crippen molar-refractivity contribution in [3.63, 3.8) is 0 Å². The summed E-state index contributed by atoms with van der Waals surface area (Å²) in [7, 11) is 0. The normalized spacial score (nSPS) is 15.5. The van der Waals surface area contributed by atoms with Gasteiger partial charge in [-0.3, -0.25) is 4.79 Å². The van der Waals surface area contributed by atoms with Crippen LogP contribution in [0.15, 0.2) is 34.8 Å². The SMILES string of the molecule is CCCn1c(SCC(=O)NC2CCCCCC2)nnc1-c1csc2ccccc12. The molecule has 1 fully saturated rings. The highest BCUT2D eigenvalue weighted by atomic mass is 32.2. The summed E-state index contributed by atoms with van der Waals surface area (Å²) in [6, 6.07) is 8.74. The van der Waals surface area contributed by atoms with Gasteiger partial charge in [-0.05, 0) is 25.3 Å². The lowest BCUT2D eigenvalue weighted by Gasteiger charge is -2.16. The van der Waals surface area contributed by atoms with Gasteiger partial charge < -0.3 is 9.88 Å². The molecule has 0 saturated heterocycles. The van der Waals surface area contributed by atoms with Gasteiger partial charge in [0, 0.05) is 33.6 Å². The molecule has 0 atom stereocenters. The molecule has 1 amide bonds. The topological polar surface area (TPSA) is 59.8 Å². The number of thioether (sulfide) groups is 1. The van der Waals surface area contributed by atoms with Crippen LogP contribution >= 0.6 is 23.1 Å². The lowest BCUT2D eigenvalue weighted by Crippen LogP contribution is -2.35. The van der Waals surface area contributed by atoms with Crippen LogP contribution in [0.25, 0.3) is 21.5 Å². The third-order valence-electron chi connectivity index (χ3n) is 5.44. The van der Waals surface area contributed by atoms with Crippen molar-refractivity contribution in [3.8, 4) is 11.4 Å². The summed E-state index contributed by atoms with van der Waals surface area (Å²) in [5, 5.41) is 16.4. The van der Waals surface area contributed by atoms with E-state index in [4.69, 9.17) is 0 Å². The molecule has 1 aliphatic carbocycles. The Kier molecular flexibility index (Phi) is 6.87. The van der Waals surface area contributed by atoms with Gasteiger partial charge in [-0.1, -0.05) is 62.6 Å². The van der Waals surface area contributed by atoms with Crippen LogP contribution in [-0.2, 0) is 11.3 Å². The van der Waals surface area contributed by atoms with Gasteiger partial charge in [0.15, 0.2) is 11.0 Å². The van der Waals surface area contributed by atoms with Crippen LogP contribution < -0.4 is 5.32 Å². The second-order valence-electron chi connectivity index (χ2n) is 7.65. The lowest BCUT2D eigenvalue weighted by atomic mass is 10.1. The first-order valence-corrected chi connectivity index (χ1v) is 12.4. The Morgan fingerprint density at radius 3 is 2.79 bits per heavy atom. The van der Waals surface area contributed by atoms with Gasteiger partial charge in [0.05, 0.1) is 5.75 Å². The van der Waals surface area contributed by atoms with Crippen LogP contribution in [0.3, 0.4) is 0 Å². The molecule has 0 spiro atoms. The largest absolute Gasteiger partial charge is 0.353 e. The number of carbonyl (C=O) groups is 1. The van der Waals surface area contributed by atoms with Crippen LogP contribution in [0.2, 0.25) is 0 Å². The van der Waals surface area contributed by atoms with E-state index in [0.717, 1.165) is 42.4 Å². The molecular formula is C22H28N4OS2. The minimum absolute atomic E-state index is 0.107. The number of nitrogens with zero attached hydrogens (tertiary/aromatic N) is 3. The van der Waals surface area contributed by atoms with Crippen LogP contribution in [0.5, 0.6) is 0 Å². The minimum atomic E-state index is 0.107. The molecule has 29 heavy (non-hydrogen) atoms. The summed E-state index contributed by atoms with van der Waals surface area (Å²) in [4.78, 5) is 12.5. The van der Waals surface area contributed by atoms with Gasteiger partial charge in [0.1, 0.15) is 0 Å². The van der Waals surface area contributed by atoms with Crippen LogP contribution in [0.1, 0.15) is 51.9 Å². The van der Waals surface area contributed by atoms with Gasteiger partial charge in [-0.25, -0.2) is 0 Å². The average molecular weight is 429 g/mol. The number of thiophene rings is 1. The van der Waals surface area contributed by atoms with Crippen LogP contribution in [-0.4, -0.2) is 32.5 Å². The van der Waals surface area contributed by atoms with E-state index in [1.165, 1.54) is 47.5 Å². The highest BCUT2D eigenvalue weighted by Crippen LogP contribution is 2.34. The summed E-state index contributed by atoms with van der Waals surface area (Å²) >= 11 is 3.23. The standard InChI is InChI=1S/C22H28N4OS2/c1-2-13-26-21(18-14-28-19-12-8-7-11-17(18)19)24-25-22(26)29-15-20(27)23-16-9-5-3-4-6-10-16/h7-8,11-12,14,16H,2-6,9-10,13,15H2,1H3,(H,23,27). The second kappa shape index (κ2) is 9.76. The number of benzene rings is 1. The number of rotatable bonds is 7. The molecule has 1 aliphatic rings. The molecule has 0 unspecified atom stereocenters. The van der Waals surface area contributed by atoms with Crippen molar-refractivity contribution in [2.45, 2.75) is 69.6 Å². The first kappa shape index (κ1) is 20.4. The molecule has 4 rings (SSSR count). The Labute approximate surface area is 180 Å². The van der Waals surface area contributed by atoms with E-state index < -0.39 is 0 Å². The Bertz CT molecular complexity index is 957. The Balaban J connectivity index is 1.47. The van der Waals surface area contributed by atoms with Crippen LogP contribution in [0.4, 0.5) is 0 Å². The highest BCUT2D eigenvalue weighted by molar-refractivity contribution is 7.99. The molecule has 154 valence electrons. The maximum Gasteiger partial charge on any atom is 0.230 e. The fourth-order valence-corrected chi connectivity index (χ4v) is 5.71. The minimum Gasteiger partial charge on any atom is -0.353 e. The van der Waals surface area contributed by atoms with E-state index in [2.05, 4.69) is 56.7 Å². The molecule has 3 aromatic rings. The fraction of sp³-hybridized carbons (Fsp3) is 0.500. The number of nitrogens with one attached hydrogen (secondary N) is 1. The summed E-state index contributed by atoms with van der Waals surface area (Å²) in [5.74, 6) is 1.40. The van der Waals surface area contributed by atoms with Crippen molar-refractivity contribution in [3.05, 3.63) is 29.6 Å². The van der Waals surface area contributed by atoms with Gasteiger partial charge in [0.2, 0.25) is 5.91 Å². The molecule has 2 aromatic heterocycles. The fourth-order valence-electron chi connectivity index (χ4n) is 3.99. The Hall–Kier alpha value is -1.86. The summed E-state index contributed by atoms with van der Waals surface area (Å²) < 4.78 is 3.42. The molecule has 1 N–H and O–H groups in total. The number of aromatic nitrogens is 3. The van der Waals surface area contributed by atoms with Crippen molar-refractivity contribution < 1.29 is 4.79 Å².